The Morgan fingerprint density at radius 3 is 2.43 bits per heavy atom. The standard InChI is InChI=1S/C22H26N2O4/c25-21(11-12-23-22(26)28-17-19-9-5-2-6-10-19)24-13-14-27-20(16-24)15-18-7-3-1-4-8-18/h1-10,20H,11-17H2,(H,23,26). The zero-order valence-electron chi connectivity index (χ0n) is 15.9. The van der Waals surface area contributed by atoms with Crippen molar-refractivity contribution >= 4 is 12.0 Å². The Kier molecular flexibility index (Phi) is 7.44. The van der Waals surface area contributed by atoms with E-state index in [9.17, 15) is 9.59 Å². The van der Waals surface area contributed by atoms with Gasteiger partial charge in [-0.25, -0.2) is 4.79 Å². The fourth-order valence-corrected chi connectivity index (χ4v) is 3.15. The van der Waals surface area contributed by atoms with Gasteiger partial charge in [0.25, 0.3) is 0 Å². The highest BCUT2D eigenvalue weighted by molar-refractivity contribution is 5.77. The lowest BCUT2D eigenvalue weighted by atomic mass is 10.1. The molecule has 1 heterocycles. The van der Waals surface area contributed by atoms with Crippen LogP contribution in [0.2, 0.25) is 0 Å². The van der Waals surface area contributed by atoms with Crippen LogP contribution >= 0.6 is 0 Å². The summed E-state index contributed by atoms with van der Waals surface area (Å²) in [5.74, 6) is 0.0183. The van der Waals surface area contributed by atoms with E-state index in [2.05, 4.69) is 17.4 Å². The molecule has 0 spiro atoms. The van der Waals surface area contributed by atoms with E-state index < -0.39 is 6.09 Å². The molecule has 1 fully saturated rings. The van der Waals surface area contributed by atoms with Gasteiger partial charge in [-0.15, -0.1) is 0 Å². The van der Waals surface area contributed by atoms with Crippen LogP contribution in [0, 0.1) is 0 Å². The molecule has 0 radical (unpaired) electrons. The second-order valence-corrected chi connectivity index (χ2v) is 6.76. The Hall–Kier alpha value is -2.86. The van der Waals surface area contributed by atoms with Crippen LogP contribution in [-0.2, 0) is 27.3 Å². The molecular weight excluding hydrogens is 356 g/mol. The summed E-state index contributed by atoms with van der Waals surface area (Å²) in [5, 5.41) is 2.63. The lowest BCUT2D eigenvalue weighted by molar-refractivity contribution is -0.138. The summed E-state index contributed by atoms with van der Waals surface area (Å²) in [6.45, 7) is 2.17. The highest BCUT2D eigenvalue weighted by Gasteiger charge is 2.24. The van der Waals surface area contributed by atoms with E-state index in [0.717, 1.165) is 12.0 Å². The SMILES string of the molecule is O=C(NCCC(=O)N1CCOC(Cc2ccccc2)C1)OCc1ccccc1. The first-order valence-electron chi connectivity index (χ1n) is 9.58. The van der Waals surface area contributed by atoms with Crippen molar-refractivity contribution < 1.29 is 19.1 Å². The lowest BCUT2D eigenvalue weighted by Gasteiger charge is -2.33. The molecule has 1 unspecified atom stereocenters. The van der Waals surface area contributed by atoms with Crippen LogP contribution in [-0.4, -0.2) is 49.2 Å². The van der Waals surface area contributed by atoms with Gasteiger partial charge >= 0.3 is 6.09 Å². The number of nitrogens with zero attached hydrogens (tertiary/aromatic N) is 1. The average Bonchev–Trinajstić information content (AvgIpc) is 2.74. The summed E-state index contributed by atoms with van der Waals surface area (Å²) >= 11 is 0. The van der Waals surface area contributed by atoms with Gasteiger partial charge < -0.3 is 19.7 Å². The van der Waals surface area contributed by atoms with Crippen molar-refractivity contribution in [3.05, 3.63) is 71.8 Å². The number of morpholine rings is 1. The van der Waals surface area contributed by atoms with E-state index in [0.29, 0.717) is 19.7 Å². The molecule has 1 atom stereocenters. The van der Waals surface area contributed by atoms with Gasteiger partial charge in [-0.3, -0.25) is 4.79 Å². The minimum absolute atomic E-state index is 0.00361. The van der Waals surface area contributed by atoms with Gasteiger partial charge in [0, 0.05) is 32.5 Å². The van der Waals surface area contributed by atoms with Crippen molar-refractivity contribution in [1.29, 1.82) is 0 Å². The van der Waals surface area contributed by atoms with E-state index in [-0.39, 0.29) is 31.6 Å². The Bertz CT molecular complexity index is 752. The topological polar surface area (TPSA) is 67.9 Å². The number of nitrogens with one attached hydrogen (secondary N) is 1. The highest BCUT2D eigenvalue weighted by Crippen LogP contribution is 2.12. The summed E-state index contributed by atoms with van der Waals surface area (Å²) in [6.07, 6.45) is 0.525. The van der Waals surface area contributed by atoms with Crippen LogP contribution in [0.5, 0.6) is 0 Å². The molecule has 3 rings (SSSR count). The first kappa shape index (κ1) is 19.9. The van der Waals surface area contributed by atoms with E-state index in [1.807, 2.05) is 53.4 Å². The van der Waals surface area contributed by atoms with Gasteiger partial charge in [-0.2, -0.15) is 0 Å². The number of carbonyl (C=O) groups excluding carboxylic acids is 2. The molecule has 2 aromatic rings. The minimum atomic E-state index is -0.513. The van der Waals surface area contributed by atoms with Crippen LogP contribution in [0.15, 0.2) is 60.7 Å². The summed E-state index contributed by atoms with van der Waals surface area (Å²) in [5.41, 5.74) is 2.12. The molecule has 2 aromatic carbocycles. The number of hydrogen-bond donors (Lipinski definition) is 1. The molecule has 1 aliphatic heterocycles. The molecule has 1 saturated heterocycles. The first-order valence-corrected chi connectivity index (χ1v) is 9.58. The highest BCUT2D eigenvalue weighted by atomic mass is 16.5. The molecule has 2 amide bonds. The number of carbonyl (C=O) groups is 2. The zero-order valence-corrected chi connectivity index (χ0v) is 15.9. The van der Waals surface area contributed by atoms with Gasteiger partial charge in [-0.05, 0) is 11.1 Å². The van der Waals surface area contributed by atoms with Crippen molar-refractivity contribution in [3.8, 4) is 0 Å². The summed E-state index contributed by atoms with van der Waals surface area (Å²) in [7, 11) is 0. The van der Waals surface area contributed by atoms with Gasteiger partial charge in [-0.1, -0.05) is 60.7 Å². The zero-order chi connectivity index (χ0) is 19.6. The van der Waals surface area contributed by atoms with Crippen molar-refractivity contribution in [2.24, 2.45) is 0 Å². The smallest absolute Gasteiger partial charge is 0.407 e. The van der Waals surface area contributed by atoms with Crippen molar-refractivity contribution in [1.82, 2.24) is 10.2 Å². The van der Waals surface area contributed by atoms with E-state index in [1.165, 1.54) is 5.56 Å². The van der Waals surface area contributed by atoms with Crippen LogP contribution in [0.3, 0.4) is 0 Å². The van der Waals surface area contributed by atoms with Crippen molar-refractivity contribution in [3.63, 3.8) is 0 Å². The predicted molar refractivity (Wildman–Crippen MR) is 106 cm³/mol. The van der Waals surface area contributed by atoms with Crippen LogP contribution in [0.4, 0.5) is 4.79 Å². The maximum atomic E-state index is 12.4. The molecule has 6 heteroatoms. The largest absolute Gasteiger partial charge is 0.445 e. The number of rotatable bonds is 7. The Labute approximate surface area is 165 Å². The van der Waals surface area contributed by atoms with E-state index >= 15 is 0 Å². The molecule has 0 bridgehead atoms. The summed E-state index contributed by atoms with van der Waals surface area (Å²) < 4.78 is 10.9. The van der Waals surface area contributed by atoms with Gasteiger partial charge in [0.1, 0.15) is 6.61 Å². The van der Waals surface area contributed by atoms with Crippen LogP contribution < -0.4 is 5.32 Å². The molecule has 28 heavy (non-hydrogen) atoms. The fourth-order valence-electron chi connectivity index (χ4n) is 3.15. The van der Waals surface area contributed by atoms with E-state index in [4.69, 9.17) is 9.47 Å². The fraction of sp³-hybridized carbons (Fsp3) is 0.364. The normalized spacial score (nSPS) is 16.4. The third-order valence-corrected chi connectivity index (χ3v) is 4.62. The molecule has 0 saturated carbocycles. The molecule has 0 aromatic heterocycles. The first-order chi connectivity index (χ1) is 13.7. The number of hydrogen-bond acceptors (Lipinski definition) is 4. The third kappa shape index (κ3) is 6.39. The Morgan fingerprint density at radius 1 is 1.04 bits per heavy atom. The molecule has 6 nitrogen and oxygen atoms in total. The van der Waals surface area contributed by atoms with Gasteiger partial charge in [0.15, 0.2) is 0 Å². The number of alkyl carbamates (subject to hydrolysis) is 1. The Balaban J connectivity index is 1.35. The third-order valence-electron chi connectivity index (χ3n) is 4.62. The van der Waals surface area contributed by atoms with E-state index in [1.54, 1.807) is 0 Å². The Morgan fingerprint density at radius 2 is 1.71 bits per heavy atom. The van der Waals surface area contributed by atoms with Crippen LogP contribution in [0.1, 0.15) is 17.5 Å². The van der Waals surface area contributed by atoms with Crippen LogP contribution in [0.25, 0.3) is 0 Å². The molecule has 1 aliphatic rings. The summed E-state index contributed by atoms with van der Waals surface area (Å²) in [4.78, 5) is 26.0. The molecule has 148 valence electrons. The number of amides is 2. The summed E-state index contributed by atoms with van der Waals surface area (Å²) in [6, 6.07) is 19.6. The monoisotopic (exact) mass is 382 g/mol. The molecule has 0 aliphatic carbocycles. The maximum absolute atomic E-state index is 12.4. The van der Waals surface area contributed by atoms with Gasteiger partial charge in [0.2, 0.25) is 5.91 Å². The number of benzene rings is 2. The van der Waals surface area contributed by atoms with Crippen molar-refractivity contribution in [2.45, 2.75) is 25.6 Å². The lowest BCUT2D eigenvalue weighted by Crippen LogP contribution is -2.47. The van der Waals surface area contributed by atoms with Crippen molar-refractivity contribution in [2.75, 3.05) is 26.2 Å². The average molecular weight is 382 g/mol. The quantitative estimate of drug-likeness (QED) is 0.800. The molecular formula is C22H26N2O4. The second-order valence-electron chi connectivity index (χ2n) is 6.76. The van der Waals surface area contributed by atoms with Gasteiger partial charge in [0.05, 0.1) is 12.7 Å². The second kappa shape index (κ2) is 10.5. The molecule has 1 N–H and O–H groups in total. The predicted octanol–water partition coefficient (Wildman–Crippen LogP) is 2.77. The minimum Gasteiger partial charge on any atom is -0.445 e. The maximum Gasteiger partial charge on any atom is 0.407 e. The number of ether oxygens (including phenoxy) is 2.